The molecule has 2 aromatic rings. The fourth-order valence-corrected chi connectivity index (χ4v) is 1.82. The summed E-state index contributed by atoms with van der Waals surface area (Å²) in [4.78, 5) is 16.4. The van der Waals surface area contributed by atoms with Crippen LogP contribution in [0.5, 0.6) is 0 Å². The smallest absolute Gasteiger partial charge is 0.241 e. The summed E-state index contributed by atoms with van der Waals surface area (Å²) < 4.78 is 5.53. The molecule has 1 amide bonds. The van der Waals surface area contributed by atoms with Crippen molar-refractivity contribution in [2.75, 3.05) is 5.32 Å². The topological polar surface area (TPSA) is 81.2 Å². The van der Waals surface area contributed by atoms with Gasteiger partial charge in [-0.1, -0.05) is 27.7 Å². The number of oxazole rings is 1. The number of amides is 1. The number of fused-ring (bicyclic) bond motifs is 1. The number of carbonyl (C=O) groups excluding carboxylic acids is 1. The van der Waals surface area contributed by atoms with Gasteiger partial charge in [0.25, 0.3) is 0 Å². The number of halogens is 1. The summed E-state index contributed by atoms with van der Waals surface area (Å²) in [6, 6.07) is 4.83. The number of nitrogens with one attached hydrogen (secondary N) is 1. The lowest BCUT2D eigenvalue weighted by Gasteiger charge is -2.25. The quantitative estimate of drug-likeness (QED) is 0.912. The van der Waals surface area contributed by atoms with E-state index in [1.807, 2.05) is 27.7 Å². The van der Waals surface area contributed by atoms with Crippen molar-refractivity contribution in [2.45, 2.75) is 40.2 Å². The fraction of sp³-hybridized carbons (Fsp3) is 0.467. The number of anilines is 1. The Kier molecular flexibility index (Phi) is 5.36. The van der Waals surface area contributed by atoms with E-state index in [0.29, 0.717) is 11.6 Å². The number of nitrogens with zero attached hydrogens (tertiary/aromatic N) is 1. The molecular formula is C15H22ClN3O2. The maximum Gasteiger partial charge on any atom is 0.241 e. The van der Waals surface area contributed by atoms with Crippen LogP contribution in [0.25, 0.3) is 11.1 Å². The number of nitrogens with two attached hydrogens (primary N) is 1. The largest absolute Gasteiger partial charge is 0.441 e. The van der Waals surface area contributed by atoms with E-state index < -0.39 is 6.04 Å². The Balaban J connectivity index is 0.00000220. The molecule has 6 heteroatoms. The van der Waals surface area contributed by atoms with Gasteiger partial charge in [-0.25, -0.2) is 4.98 Å². The van der Waals surface area contributed by atoms with Gasteiger partial charge in [0.15, 0.2) is 11.5 Å². The van der Waals surface area contributed by atoms with Crippen LogP contribution in [0.2, 0.25) is 0 Å². The molecule has 0 aliphatic carbocycles. The van der Waals surface area contributed by atoms with Gasteiger partial charge in [0, 0.05) is 12.1 Å². The first-order valence-electron chi connectivity index (χ1n) is 6.77. The standard InChI is InChI=1S/C15H21N3O2.ClH/c1-5-12-18-10-8-9(6-7-11(10)20-12)17-14(19)13(16)15(2,3)4;/h6-8,13H,5,16H2,1-4H3,(H,17,19);1H/t13-;/m1./s1. The zero-order valence-corrected chi connectivity index (χ0v) is 13.6. The highest BCUT2D eigenvalue weighted by atomic mass is 35.5. The van der Waals surface area contributed by atoms with Crippen molar-refractivity contribution >= 4 is 35.1 Å². The molecule has 0 saturated heterocycles. The first-order valence-corrected chi connectivity index (χ1v) is 6.77. The van der Waals surface area contributed by atoms with E-state index in [0.717, 1.165) is 17.5 Å². The minimum Gasteiger partial charge on any atom is -0.441 e. The van der Waals surface area contributed by atoms with E-state index in [1.165, 1.54) is 0 Å². The minimum atomic E-state index is -0.568. The predicted octanol–water partition coefficient (Wildman–Crippen LogP) is 3.12. The Morgan fingerprint density at radius 1 is 1.43 bits per heavy atom. The number of hydrogen-bond acceptors (Lipinski definition) is 4. The fourth-order valence-electron chi connectivity index (χ4n) is 1.82. The third kappa shape index (κ3) is 3.95. The number of aryl methyl sites for hydroxylation is 1. The average Bonchev–Trinajstić information content (AvgIpc) is 2.78. The summed E-state index contributed by atoms with van der Waals surface area (Å²) in [5, 5.41) is 2.82. The normalized spacial score (nSPS) is 12.8. The molecule has 1 aromatic carbocycles. The Hall–Kier alpha value is -1.59. The summed E-state index contributed by atoms with van der Waals surface area (Å²) >= 11 is 0. The van der Waals surface area contributed by atoms with Gasteiger partial charge >= 0.3 is 0 Å². The monoisotopic (exact) mass is 311 g/mol. The number of rotatable bonds is 3. The summed E-state index contributed by atoms with van der Waals surface area (Å²) in [6.45, 7) is 7.79. The number of benzene rings is 1. The highest BCUT2D eigenvalue weighted by molar-refractivity contribution is 5.96. The van der Waals surface area contributed by atoms with Crippen LogP contribution >= 0.6 is 12.4 Å². The molecule has 1 aromatic heterocycles. The van der Waals surface area contributed by atoms with E-state index in [9.17, 15) is 4.79 Å². The highest BCUT2D eigenvalue weighted by Crippen LogP contribution is 2.22. The first-order chi connectivity index (χ1) is 9.31. The number of hydrogen-bond donors (Lipinski definition) is 2. The van der Waals surface area contributed by atoms with E-state index in [-0.39, 0.29) is 23.7 Å². The zero-order chi connectivity index (χ0) is 14.9. The van der Waals surface area contributed by atoms with Crippen LogP contribution in [0, 0.1) is 5.41 Å². The van der Waals surface area contributed by atoms with Crippen molar-refractivity contribution in [3.8, 4) is 0 Å². The van der Waals surface area contributed by atoms with Crippen LogP contribution < -0.4 is 11.1 Å². The molecule has 21 heavy (non-hydrogen) atoms. The Morgan fingerprint density at radius 2 is 2.10 bits per heavy atom. The van der Waals surface area contributed by atoms with E-state index in [4.69, 9.17) is 10.2 Å². The van der Waals surface area contributed by atoms with E-state index in [2.05, 4.69) is 10.3 Å². The molecule has 0 fully saturated rings. The van der Waals surface area contributed by atoms with Crippen molar-refractivity contribution in [3.63, 3.8) is 0 Å². The third-order valence-electron chi connectivity index (χ3n) is 3.22. The molecule has 0 bridgehead atoms. The van der Waals surface area contributed by atoms with Gasteiger partial charge in [-0.05, 0) is 23.6 Å². The van der Waals surface area contributed by atoms with Gasteiger partial charge < -0.3 is 15.5 Å². The zero-order valence-electron chi connectivity index (χ0n) is 12.8. The maximum atomic E-state index is 12.1. The van der Waals surface area contributed by atoms with Crippen LogP contribution in [0.3, 0.4) is 0 Å². The molecule has 2 rings (SSSR count). The predicted molar refractivity (Wildman–Crippen MR) is 86.7 cm³/mol. The minimum absolute atomic E-state index is 0. The molecule has 0 spiro atoms. The molecule has 0 aliphatic rings. The molecule has 0 radical (unpaired) electrons. The highest BCUT2D eigenvalue weighted by Gasteiger charge is 2.27. The van der Waals surface area contributed by atoms with Gasteiger partial charge in [-0.15, -0.1) is 12.4 Å². The van der Waals surface area contributed by atoms with Crippen LogP contribution in [0.4, 0.5) is 5.69 Å². The molecular weight excluding hydrogens is 290 g/mol. The van der Waals surface area contributed by atoms with Crippen LogP contribution in [-0.4, -0.2) is 16.9 Å². The molecule has 0 aliphatic heterocycles. The molecule has 0 unspecified atom stereocenters. The van der Waals surface area contributed by atoms with Crippen molar-refractivity contribution < 1.29 is 9.21 Å². The van der Waals surface area contributed by atoms with Crippen LogP contribution in [-0.2, 0) is 11.2 Å². The second kappa shape index (κ2) is 6.45. The van der Waals surface area contributed by atoms with E-state index >= 15 is 0 Å². The molecule has 5 nitrogen and oxygen atoms in total. The van der Waals surface area contributed by atoms with Crippen LogP contribution in [0.1, 0.15) is 33.6 Å². The summed E-state index contributed by atoms with van der Waals surface area (Å²) in [7, 11) is 0. The molecule has 3 N–H and O–H groups in total. The molecule has 1 atom stereocenters. The average molecular weight is 312 g/mol. The van der Waals surface area contributed by atoms with E-state index in [1.54, 1.807) is 18.2 Å². The Labute approximate surface area is 130 Å². The van der Waals surface area contributed by atoms with Gasteiger partial charge in [-0.3, -0.25) is 4.79 Å². The second-order valence-electron chi connectivity index (χ2n) is 5.98. The Morgan fingerprint density at radius 3 is 2.67 bits per heavy atom. The third-order valence-corrected chi connectivity index (χ3v) is 3.22. The van der Waals surface area contributed by atoms with Crippen LogP contribution in [0.15, 0.2) is 22.6 Å². The summed E-state index contributed by atoms with van der Waals surface area (Å²) in [6.07, 6.45) is 0.741. The van der Waals surface area contributed by atoms with Crippen molar-refractivity contribution in [3.05, 3.63) is 24.1 Å². The lowest BCUT2D eigenvalue weighted by atomic mass is 9.87. The molecule has 116 valence electrons. The summed E-state index contributed by atoms with van der Waals surface area (Å²) in [5.74, 6) is 0.492. The van der Waals surface area contributed by atoms with Gasteiger partial charge in [0.2, 0.25) is 5.91 Å². The molecule has 1 heterocycles. The summed E-state index contributed by atoms with van der Waals surface area (Å²) in [5.41, 5.74) is 7.79. The first kappa shape index (κ1) is 17.5. The van der Waals surface area contributed by atoms with Gasteiger partial charge in [0.05, 0.1) is 6.04 Å². The Bertz CT molecular complexity index is 631. The van der Waals surface area contributed by atoms with Gasteiger partial charge in [0.1, 0.15) is 5.52 Å². The van der Waals surface area contributed by atoms with Crippen molar-refractivity contribution in [1.82, 2.24) is 4.98 Å². The lowest BCUT2D eigenvalue weighted by Crippen LogP contribution is -2.45. The number of carbonyl (C=O) groups is 1. The number of aromatic nitrogens is 1. The van der Waals surface area contributed by atoms with Crippen molar-refractivity contribution in [1.29, 1.82) is 0 Å². The van der Waals surface area contributed by atoms with Gasteiger partial charge in [-0.2, -0.15) is 0 Å². The molecule has 0 saturated carbocycles. The maximum absolute atomic E-state index is 12.1. The SMILES string of the molecule is CCc1nc2cc(NC(=O)[C@@H](N)C(C)(C)C)ccc2o1.Cl. The van der Waals surface area contributed by atoms with Crippen molar-refractivity contribution in [2.24, 2.45) is 11.1 Å². The lowest BCUT2D eigenvalue weighted by molar-refractivity contribution is -0.119. The second-order valence-corrected chi connectivity index (χ2v) is 5.98.